The molecule has 0 radical (unpaired) electrons. The predicted octanol–water partition coefficient (Wildman–Crippen LogP) is 1.71. The molecule has 0 unspecified atom stereocenters. The van der Waals surface area contributed by atoms with Gasteiger partial charge in [-0.15, -0.1) is 0 Å². The van der Waals surface area contributed by atoms with Gasteiger partial charge in [0.2, 0.25) is 0 Å². The Morgan fingerprint density at radius 3 is 3.00 bits per heavy atom. The van der Waals surface area contributed by atoms with Crippen molar-refractivity contribution in [2.45, 2.75) is 39.2 Å². The zero-order valence-corrected chi connectivity index (χ0v) is 8.88. The van der Waals surface area contributed by atoms with Crippen molar-refractivity contribution < 1.29 is 0 Å². The Kier molecular flexibility index (Phi) is 2.22. The fourth-order valence-corrected chi connectivity index (χ4v) is 2.38. The number of rotatable bonds is 1. The summed E-state index contributed by atoms with van der Waals surface area (Å²) in [5.74, 6) is 1.54. The first-order valence-corrected chi connectivity index (χ1v) is 5.41. The van der Waals surface area contributed by atoms with Gasteiger partial charge in [0.1, 0.15) is 11.3 Å². The van der Waals surface area contributed by atoms with Gasteiger partial charge in [-0.1, -0.05) is 13.8 Å². The predicted molar refractivity (Wildman–Crippen MR) is 56.0 cm³/mol. The molecule has 2 aliphatic heterocycles. The number of aliphatic imine (C=N–C) groups is 1. The third-order valence-corrected chi connectivity index (χ3v) is 3.39. The van der Waals surface area contributed by atoms with Gasteiger partial charge in [0.05, 0.1) is 6.07 Å². The van der Waals surface area contributed by atoms with Crippen LogP contribution in [-0.4, -0.2) is 18.4 Å². The Hall–Kier alpha value is -1.04. The van der Waals surface area contributed by atoms with E-state index < -0.39 is 0 Å². The van der Waals surface area contributed by atoms with Gasteiger partial charge in [0.25, 0.3) is 0 Å². The highest BCUT2D eigenvalue weighted by Gasteiger charge is 2.46. The number of nitrogens with zero attached hydrogens (tertiary/aromatic N) is 2. The number of amidine groups is 1. The monoisotopic (exact) mass is 191 g/mol. The highest BCUT2D eigenvalue weighted by Crippen LogP contribution is 2.39. The maximum atomic E-state index is 9.28. The Morgan fingerprint density at radius 2 is 2.43 bits per heavy atom. The lowest BCUT2D eigenvalue weighted by Crippen LogP contribution is -2.35. The molecule has 0 amide bonds. The van der Waals surface area contributed by atoms with Crippen LogP contribution in [-0.2, 0) is 0 Å². The fraction of sp³-hybridized carbons (Fsp3) is 0.818. The zero-order valence-electron chi connectivity index (χ0n) is 8.88. The highest BCUT2D eigenvalue weighted by atomic mass is 15.1. The lowest BCUT2D eigenvalue weighted by atomic mass is 9.79. The van der Waals surface area contributed by atoms with Crippen molar-refractivity contribution in [3.63, 3.8) is 0 Å². The van der Waals surface area contributed by atoms with E-state index in [0.717, 1.165) is 31.6 Å². The van der Waals surface area contributed by atoms with Crippen molar-refractivity contribution >= 4 is 5.84 Å². The van der Waals surface area contributed by atoms with Crippen molar-refractivity contribution in [1.82, 2.24) is 5.32 Å². The van der Waals surface area contributed by atoms with Gasteiger partial charge in [-0.05, 0) is 25.2 Å². The van der Waals surface area contributed by atoms with Gasteiger partial charge < -0.3 is 5.32 Å². The molecule has 1 N–H and O–H groups in total. The molecule has 0 aromatic rings. The Bertz CT molecular complexity index is 300. The first-order chi connectivity index (χ1) is 6.68. The quantitative estimate of drug-likeness (QED) is 0.686. The van der Waals surface area contributed by atoms with E-state index in [1.54, 1.807) is 0 Å². The normalized spacial score (nSPS) is 35.9. The summed E-state index contributed by atoms with van der Waals surface area (Å²) < 4.78 is 0. The molecule has 0 aromatic carbocycles. The summed E-state index contributed by atoms with van der Waals surface area (Å²) in [6.07, 6.45) is 2.99. The molecule has 14 heavy (non-hydrogen) atoms. The van der Waals surface area contributed by atoms with E-state index in [2.05, 4.69) is 30.2 Å². The van der Waals surface area contributed by atoms with Crippen LogP contribution in [0.5, 0.6) is 0 Å². The summed E-state index contributed by atoms with van der Waals surface area (Å²) in [5, 5.41) is 12.7. The molecule has 0 aliphatic carbocycles. The number of fused-ring (bicyclic) bond motifs is 1. The summed E-state index contributed by atoms with van der Waals surface area (Å²) in [6, 6.07) is 2.91. The van der Waals surface area contributed by atoms with Gasteiger partial charge in [-0.3, -0.25) is 4.99 Å². The van der Waals surface area contributed by atoms with Crippen molar-refractivity contribution in [3.05, 3.63) is 0 Å². The second-order valence-electron chi connectivity index (χ2n) is 4.73. The summed E-state index contributed by atoms with van der Waals surface area (Å²) in [6.45, 7) is 5.28. The Morgan fingerprint density at radius 1 is 1.64 bits per heavy atom. The van der Waals surface area contributed by atoms with Crippen molar-refractivity contribution in [2.24, 2.45) is 16.3 Å². The fourth-order valence-electron chi connectivity index (χ4n) is 2.38. The smallest absolute Gasteiger partial charge is 0.117 e. The number of nitrogens with one attached hydrogen (secondary N) is 1. The topological polar surface area (TPSA) is 48.2 Å². The van der Waals surface area contributed by atoms with Crippen molar-refractivity contribution in [2.75, 3.05) is 6.54 Å². The van der Waals surface area contributed by atoms with Gasteiger partial charge >= 0.3 is 0 Å². The highest BCUT2D eigenvalue weighted by molar-refractivity contribution is 5.93. The second-order valence-corrected chi connectivity index (χ2v) is 4.73. The van der Waals surface area contributed by atoms with Crippen LogP contribution in [0.4, 0.5) is 0 Å². The molecule has 2 aliphatic rings. The molecule has 1 fully saturated rings. The minimum Gasteiger partial charge on any atom is -0.369 e. The first kappa shape index (κ1) is 9.51. The van der Waals surface area contributed by atoms with E-state index in [9.17, 15) is 5.26 Å². The van der Waals surface area contributed by atoms with Crippen LogP contribution in [0.2, 0.25) is 0 Å². The molecule has 0 spiro atoms. The van der Waals surface area contributed by atoms with Crippen LogP contribution in [0.15, 0.2) is 4.99 Å². The maximum Gasteiger partial charge on any atom is 0.117 e. The number of hydrogen-bond acceptors (Lipinski definition) is 3. The molecular formula is C11H17N3. The van der Waals surface area contributed by atoms with Crippen LogP contribution >= 0.6 is 0 Å². The van der Waals surface area contributed by atoms with E-state index >= 15 is 0 Å². The third-order valence-electron chi connectivity index (χ3n) is 3.39. The molecule has 76 valence electrons. The lowest BCUT2D eigenvalue weighted by molar-refractivity contribution is 0.384. The van der Waals surface area contributed by atoms with Gasteiger partial charge in [0, 0.05) is 12.6 Å². The molecule has 2 rings (SSSR count). The van der Waals surface area contributed by atoms with E-state index in [1.807, 2.05) is 0 Å². The molecular weight excluding hydrogens is 174 g/mol. The molecule has 0 aromatic heterocycles. The average Bonchev–Trinajstić information content (AvgIpc) is 2.57. The van der Waals surface area contributed by atoms with Crippen LogP contribution in [0.25, 0.3) is 0 Å². The average molecular weight is 191 g/mol. The van der Waals surface area contributed by atoms with Gasteiger partial charge in [-0.2, -0.15) is 5.26 Å². The van der Waals surface area contributed by atoms with E-state index in [-0.39, 0.29) is 5.41 Å². The number of hydrogen-bond donors (Lipinski definition) is 1. The standard InChI is InChI=1S/C11H17N3/c1-8(2)9-6-11(7-12)4-3-5-13-10(11)14-9/h8-9H,3-6H2,1-2H3,(H,13,14)/t9-,11-/m0/s1. The molecule has 0 saturated carbocycles. The second kappa shape index (κ2) is 3.27. The summed E-state index contributed by atoms with van der Waals surface area (Å²) in [5.41, 5.74) is -0.271. The first-order valence-electron chi connectivity index (χ1n) is 5.41. The minimum absolute atomic E-state index is 0.271. The molecule has 3 heteroatoms. The van der Waals surface area contributed by atoms with Crippen LogP contribution in [0.3, 0.4) is 0 Å². The van der Waals surface area contributed by atoms with E-state index in [4.69, 9.17) is 0 Å². The molecule has 2 atom stereocenters. The zero-order chi connectivity index (χ0) is 10.2. The van der Waals surface area contributed by atoms with E-state index in [0.29, 0.717) is 12.0 Å². The van der Waals surface area contributed by atoms with E-state index in [1.165, 1.54) is 0 Å². The van der Waals surface area contributed by atoms with Crippen LogP contribution in [0, 0.1) is 22.7 Å². The van der Waals surface area contributed by atoms with Gasteiger partial charge in [-0.25, -0.2) is 0 Å². The minimum atomic E-state index is -0.271. The number of nitriles is 1. The summed E-state index contributed by atoms with van der Waals surface area (Å²) in [4.78, 5) is 4.45. The molecule has 0 bridgehead atoms. The largest absolute Gasteiger partial charge is 0.369 e. The molecule has 1 saturated heterocycles. The molecule has 3 nitrogen and oxygen atoms in total. The van der Waals surface area contributed by atoms with Gasteiger partial charge in [0.15, 0.2) is 0 Å². The SMILES string of the molecule is CC(C)[C@@H]1C[C@]2(C#N)CCCN=C2N1. The van der Waals surface area contributed by atoms with Crippen LogP contribution < -0.4 is 5.32 Å². The van der Waals surface area contributed by atoms with Crippen molar-refractivity contribution in [1.29, 1.82) is 5.26 Å². The Balaban J connectivity index is 2.26. The van der Waals surface area contributed by atoms with Crippen molar-refractivity contribution in [3.8, 4) is 6.07 Å². The third kappa shape index (κ3) is 1.30. The Labute approximate surface area is 85.2 Å². The maximum absolute atomic E-state index is 9.28. The lowest BCUT2D eigenvalue weighted by Gasteiger charge is -2.23. The van der Waals surface area contributed by atoms with Crippen LogP contribution in [0.1, 0.15) is 33.1 Å². The summed E-state index contributed by atoms with van der Waals surface area (Å²) in [7, 11) is 0. The summed E-state index contributed by atoms with van der Waals surface area (Å²) >= 11 is 0. The molecule has 2 heterocycles.